The number of hydrogen-bond acceptors (Lipinski definition) is 6. The summed E-state index contributed by atoms with van der Waals surface area (Å²) in [6.07, 6.45) is -4.86. The number of ether oxygens (including phenoxy) is 3. The maximum absolute atomic E-state index is 15.6. The van der Waals surface area contributed by atoms with Gasteiger partial charge in [0.15, 0.2) is 5.60 Å². The third kappa shape index (κ3) is 5.47. The molecule has 0 spiro atoms. The van der Waals surface area contributed by atoms with Crippen molar-refractivity contribution in [1.29, 1.82) is 0 Å². The summed E-state index contributed by atoms with van der Waals surface area (Å²) in [5, 5.41) is 15.6. The Hall–Kier alpha value is -2.82. The van der Waals surface area contributed by atoms with E-state index in [1.54, 1.807) is 43.0 Å². The van der Waals surface area contributed by atoms with Crippen LogP contribution in [0, 0.1) is 12.7 Å². The van der Waals surface area contributed by atoms with Crippen LogP contribution in [0.5, 0.6) is 5.75 Å². The van der Waals surface area contributed by atoms with Gasteiger partial charge in [-0.15, -0.1) is 0 Å². The predicted octanol–water partition coefficient (Wildman–Crippen LogP) is 5.14. The van der Waals surface area contributed by atoms with Gasteiger partial charge in [-0.05, 0) is 42.5 Å². The zero-order valence-corrected chi connectivity index (χ0v) is 22.7. The van der Waals surface area contributed by atoms with Crippen LogP contribution in [0.4, 0.5) is 17.6 Å². The van der Waals surface area contributed by atoms with E-state index in [1.807, 2.05) is 6.92 Å². The largest absolute Gasteiger partial charge is 0.496 e. The lowest BCUT2D eigenvalue weighted by molar-refractivity contribution is -0.316. The Balaban J connectivity index is 1.99. The molecule has 2 unspecified atom stereocenters. The van der Waals surface area contributed by atoms with Gasteiger partial charge in [0.25, 0.3) is 0 Å². The molecule has 10 heteroatoms. The monoisotopic (exact) mass is 552 g/mol. The Morgan fingerprint density at radius 2 is 1.72 bits per heavy atom. The second-order valence-corrected chi connectivity index (χ2v) is 10.9. The van der Waals surface area contributed by atoms with Crippen molar-refractivity contribution in [2.75, 3.05) is 40.1 Å². The second-order valence-electron chi connectivity index (χ2n) is 10.9. The van der Waals surface area contributed by atoms with Gasteiger partial charge in [0.1, 0.15) is 23.6 Å². The van der Waals surface area contributed by atoms with E-state index in [2.05, 4.69) is 5.32 Å². The highest BCUT2D eigenvalue weighted by atomic mass is 19.4. The first-order valence-corrected chi connectivity index (χ1v) is 12.9. The molecule has 2 N–H and O–H groups in total. The Kier molecular flexibility index (Phi) is 8.21. The summed E-state index contributed by atoms with van der Waals surface area (Å²) in [6, 6.07) is 10.5. The lowest BCUT2D eigenvalue weighted by atomic mass is 9.62. The molecule has 0 saturated carbocycles. The molecule has 6 nitrogen and oxygen atoms in total. The van der Waals surface area contributed by atoms with Crippen LogP contribution < -0.4 is 10.1 Å². The van der Waals surface area contributed by atoms with Gasteiger partial charge in [0, 0.05) is 38.2 Å². The Morgan fingerprint density at radius 3 is 2.28 bits per heavy atom. The van der Waals surface area contributed by atoms with Crippen molar-refractivity contribution >= 4 is 0 Å². The standard InChI is InChI=1S/C29H36F4N2O4/c1-20-5-7-21(8-6-20)27(16-23-17-38-19-39-23,35-13-11-34-12-14-35)28(36,29(31,32)33)18-26(2,3)24-15-22(30)9-10-25(24)37-4/h5-10,15,17,34,36H,11-14,16,18-19H2,1-4H3. The molecule has 214 valence electrons. The molecule has 2 aliphatic heterocycles. The molecule has 1 fully saturated rings. The van der Waals surface area contributed by atoms with Crippen molar-refractivity contribution in [3.05, 3.63) is 77.0 Å². The number of hydrogen-bond donors (Lipinski definition) is 2. The molecule has 0 amide bonds. The fourth-order valence-electron chi connectivity index (χ4n) is 5.96. The van der Waals surface area contributed by atoms with E-state index in [-0.39, 0.29) is 43.4 Å². The average Bonchev–Trinajstić information content (AvgIpc) is 3.40. The van der Waals surface area contributed by atoms with Crippen molar-refractivity contribution in [2.45, 2.75) is 56.3 Å². The number of alkyl halides is 3. The number of aryl methyl sites for hydroxylation is 1. The SMILES string of the molecule is COc1ccc(F)cc1C(C)(C)CC(O)(C(F)(F)F)C(CC1=COCO1)(c1ccc(C)cc1)N1CCNCC1. The molecule has 2 aliphatic rings. The van der Waals surface area contributed by atoms with Gasteiger partial charge in [-0.1, -0.05) is 43.7 Å². The molecule has 4 rings (SSSR count). The smallest absolute Gasteiger partial charge is 0.419 e. The molecule has 1 saturated heterocycles. The minimum absolute atomic E-state index is 0.114. The summed E-state index contributed by atoms with van der Waals surface area (Å²) in [5.41, 5.74) is -5.30. The van der Waals surface area contributed by atoms with Crippen molar-refractivity contribution < 1.29 is 36.9 Å². The number of nitrogens with zero attached hydrogens (tertiary/aromatic N) is 1. The van der Waals surface area contributed by atoms with Crippen molar-refractivity contribution in [3.63, 3.8) is 0 Å². The topological polar surface area (TPSA) is 63.2 Å². The minimum atomic E-state index is -5.10. The maximum atomic E-state index is 15.6. The van der Waals surface area contributed by atoms with Gasteiger partial charge >= 0.3 is 6.18 Å². The normalized spacial score (nSPS) is 19.9. The highest BCUT2D eigenvalue weighted by Gasteiger charge is 2.70. The number of nitrogens with one attached hydrogen (secondary N) is 1. The summed E-state index contributed by atoms with van der Waals surface area (Å²) in [5.74, 6) is -0.162. The highest BCUT2D eigenvalue weighted by Crippen LogP contribution is 2.56. The minimum Gasteiger partial charge on any atom is -0.496 e. The Bertz CT molecular complexity index is 1180. The number of halogens is 4. The van der Waals surface area contributed by atoms with Gasteiger partial charge in [-0.25, -0.2) is 4.39 Å². The summed E-state index contributed by atoms with van der Waals surface area (Å²) >= 11 is 0. The van der Waals surface area contributed by atoms with Crippen LogP contribution >= 0.6 is 0 Å². The van der Waals surface area contributed by atoms with Crippen LogP contribution in [-0.4, -0.2) is 61.9 Å². The summed E-state index contributed by atoms with van der Waals surface area (Å²) < 4.78 is 77.4. The Morgan fingerprint density at radius 1 is 1.05 bits per heavy atom. The van der Waals surface area contributed by atoms with E-state index in [4.69, 9.17) is 14.2 Å². The van der Waals surface area contributed by atoms with Gasteiger partial charge in [0.2, 0.25) is 6.79 Å². The van der Waals surface area contributed by atoms with Crippen molar-refractivity contribution in [2.24, 2.45) is 0 Å². The number of methoxy groups -OCH3 is 1. The molecular weight excluding hydrogens is 516 g/mol. The average molecular weight is 553 g/mol. The fraction of sp³-hybridized carbons (Fsp3) is 0.517. The van der Waals surface area contributed by atoms with E-state index in [9.17, 15) is 9.50 Å². The van der Waals surface area contributed by atoms with Gasteiger partial charge in [0.05, 0.1) is 12.6 Å². The maximum Gasteiger partial charge on any atom is 0.419 e. The van der Waals surface area contributed by atoms with Crippen LogP contribution in [0.15, 0.2) is 54.5 Å². The number of benzene rings is 2. The summed E-state index contributed by atoms with van der Waals surface area (Å²) in [6.45, 7) is 6.26. The number of rotatable bonds is 9. The van der Waals surface area contributed by atoms with E-state index in [0.29, 0.717) is 18.7 Å². The molecule has 0 bridgehead atoms. The zero-order chi connectivity index (χ0) is 28.5. The third-order valence-corrected chi connectivity index (χ3v) is 7.88. The van der Waals surface area contributed by atoms with E-state index in [0.717, 1.165) is 5.56 Å². The van der Waals surface area contributed by atoms with Gasteiger partial charge < -0.3 is 24.6 Å². The van der Waals surface area contributed by atoms with Crippen LogP contribution in [0.3, 0.4) is 0 Å². The molecule has 2 aromatic carbocycles. The van der Waals surface area contributed by atoms with E-state index in [1.165, 1.54) is 31.6 Å². The molecular formula is C29H36F4N2O4. The lowest BCUT2D eigenvalue weighted by Gasteiger charge is -2.56. The lowest BCUT2D eigenvalue weighted by Crippen LogP contribution is -2.71. The third-order valence-electron chi connectivity index (χ3n) is 7.88. The molecule has 2 aromatic rings. The first kappa shape index (κ1) is 29.2. The molecule has 39 heavy (non-hydrogen) atoms. The van der Waals surface area contributed by atoms with Crippen LogP contribution in [0.1, 0.15) is 43.4 Å². The first-order valence-electron chi connectivity index (χ1n) is 12.9. The van der Waals surface area contributed by atoms with Crippen molar-refractivity contribution in [3.8, 4) is 5.75 Å². The molecule has 0 aromatic heterocycles. The number of piperazine rings is 1. The zero-order valence-electron chi connectivity index (χ0n) is 22.7. The van der Waals surface area contributed by atoms with Crippen molar-refractivity contribution in [1.82, 2.24) is 10.2 Å². The summed E-state index contributed by atoms with van der Waals surface area (Å²) in [7, 11) is 1.38. The first-order chi connectivity index (χ1) is 18.3. The van der Waals surface area contributed by atoms with Crippen LogP contribution in [-0.2, 0) is 20.4 Å². The molecule has 0 radical (unpaired) electrons. The molecule has 0 aliphatic carbocycles. The number of aliphatic hydroxyl groups is 1. The summed E-state index contributed by atoms with van der Waals surface area (Å²) in [4.78, 5) is 1.70. The molecule has 2 atom stereocenters. The van der Waals surface area contributed by atoms with Gasteiger partial charge in [-0.3, -0.25) is 4.90 Å². The van der Waals surface area contributed by atoms with Gasteiger partial charge in [-0.2, -0.15) is 13.2 Å². The van der Waals surface area contributed by atoms with Crippen LogP contribution in [0.25, 0.3) is 0 Å². The van der Waals surface area contributed by atoms with Crippen LogP contribution in [0.2, 0.25) is 0 Å². The second kappa shape index (κ2) is 11.0. The van der Waals surface area contributed by atoms with E-state index >= 15 is 13.2 Å². The van der Waals surface area contributed by atoms with E-state index < -0.39 is 35.0 Å². The fourth-order valence-corrected chi connectivity index (χ4v) is 5.96. The molecule has 2 heterocycles. The predicted molar refractivity (Wildman–Crippen MR) is 139 cm³/mol. The highest BCUT2D eigenvalue weighted by molar-refractivity contribution is 5.42. The Labute approximate surface area is 226 Å². The quantitative estimate of drug-likeness (QED) is 0.420.